The van der Waals surface area contributed by atoms with E-state index in [9.17, 15) is 17.6 Å². The number of rotatable bonds is 4. The van der Waals surface area contributed by atoms with Crippen molar-refractivity contribution >= 4 is 27.3 Å². The SMILES string of the molecule is CS(=O)(=O)c1ccc(CNC(=O)c2c(F)cccc2Cl)cc1. The van der Waals surface area contributed by atoms with E-state index in [1.807, 2.05) is 0 Å². The highest BCUT2D eigenvalue weighted by Crippen LogP contribution is 2.19. The van der Waals surface area contributed by atoms with Gasteiger partial charge < -0.3 is 5.32 Å². The predicted molar refractivity (Wildman–Crippen MR) is 82.1 cm³/mol. The van der Waals surface area contributed by atoms with Gasteiger partial charge in [0, 0.05) is 12.8 Å². The van der Waals surface area contributed by atoms with Gasteiger partial charge in [-0.25, -0.2) is 12.8 Å². The van der Waals surface area contributed by atoms with Crippen LogP contribution in [-0.4, -0.2) is 20.6 Å². The van der Waals surface area contributed by atoms with Crippen LogP contribution < -0.4 is 5.32 Å². The number of amides is 1. The van der Waals surface area contributed by atoms with Crippen LogP contribution in [-0.2, 0) is 16.4 Å². The molecule has 7 heteroatoms. The van der Waals surface area contributed by atoms with Crippen LogP contribution in [0.25, 0.3) is 0 Å². The zero-order chi connectivity index (χ0) is 16.3. The number of sulfone groups is 1. The summed E-state index contributed by atoms with van der Waals surface area (Å²) >= 11 is 5.81. The van der Waals surface area contributed by atoms with E-state index in [4.69, 9.17) is 11.6 Å². The second-order valence-electron chi connectivity index (χ2n) is 4.70. The molecule has 2 rings (SSSR count). The summed E-state index contributed by atoms with van der Waals surface area (Å²) in [6.45, 7) is 0.132. The Balaban J connectivity index is 2.09. The van der Waals surface area contributed by atoms with E-state index in [-0.39, 0.29) is 22.0 Å². The third kappa shape index (κ3) is 3.84. The molecule has 0 aliphatic rings. The van der Waals surface area contributed by atoms with Gasteiger partial charge in [-0.3, -0.25) is 4.79 Å². The zero-order valence-electron chi connectivity index (χ0n) is 11.6. The summed E-state index contributed by atoms with van der Waals surface area (Å²) in [7, 11) is -3.26. The quantitative estimate of drug-likeness (QED) is 0.930. The number of halogens is 2. The largest absolute Gasteiger partial charge is 0.348 e. The average molecular weight is 342 g/mol. The van der Waals surface area contributed by atoms with Crippen molar-refractivity contribution in [2.24, 2.45) is 0 Å². The fraction of sp³-hybridized carbons (Fsp3) is 0.133. The zero-order valence-corrected chi connectivity index (χ0v) is 13.2. The molecule has 4 nitrogen and oxygen atoms in total. The van der Waals surface area contributed by atoms with Crippen molar-refractivity contribution in [3.8, 4) is 0 Å². The Bertz CT molecular complexity index is 784. The van der Waals surface area contributed by atoms with Crippen molar-refractivity contribution in [2.75, 3.05) is 6.26 Å². The van der Waals surface area contributed by atoms with E-state index < -0.39 is 21.6 Å². The molecule has 0 atom stereocenters. The van der Waals surface area contributed by atoms with Gasteiger partial charge in [-0.05, 0) is 29.8 Å². The van der Waals surface area contributed by atoms with E-state index in [0.29, 0.717) is 5.56 Å². The van der Waals surface area contributed by atoms with Crippen LogP contribution in [0.15, 0.2) is 47.4 Å². The highest BCUT2D eigenvalue weighted by molar-refractivity contribution is 7.90. The van der Waals surface area contributed by atoms with Crippen molar-refractivity contribution in [1.29, 1.82) is 0 Å². The van der Waals surface area contributed by atoms with Crippen molar-refractivity contribution in [1.82, 2.24) is 5.32 Å². The van der Waals surface area contributed by atoms with Gasteiger partial charge in [0.1, 0.15) is 5.82 Å². The third-order valence-electron chi connectivity index (χ3n) is 2.99. The number of carbonyl (C=O) groups is 1. The molecule has 0 aromatic heterocycles. The van der Waals surface area contributed by atoms with Gasteiger partial charge in [0.15, 0.2) is 9.84 Å². The third-order valence-corrected chi connectivity index (χ3v) is 4.44. The standard InChI is InChI=1S/C15H13ClFNO3S/c1-22(20,21)11-7-5-10(6-8-11)9-18-15(19)14-12(16)3-2-4-13(14)17/h2-8H,9H2,1H3,(H,18,19). The number of hydrogen-bond acceptors (Lipinski definition) is 3. The van der Waals surface area contributed by atoms with Gasteiger partial charge in [0.2, 0.25) is 0 Å². The second-order valence-corrected chi connectivity index (χ2v) is 7.12. The van der Waals surface area contributed by atoms with Gasteiger partial charge in [0.25, 0.3) is 5.91 Å². The maximum absolute atomic E-state index is 13.6. The lowest BCUT2D eigenvalue weighted by Gasteiger charge is -2.08. The van der Waals surface area contributed by atoms with E-state index in [1.54, 1.807) is 12.1 Å². The minimum Gasteiger partial charge on any atom is -0.348 e. The number of benzene rings is 2. The normalized spacial score (nSPS) is 11.2. The summed E-state index contributed by atoms with van der Waals surface area (Å²) in [6, 6.07) is 10.1. The maximum Gasteiger partial charge on any atom is 0.256 e. The molecule has 0 spiro atoms. The maximum atomic E-state index is 13.6. The smallest absolute Gasteiger partial charge is 0.256 e. The van der Waals surface area contributed by atoms with Crippen LogP contribution in [0.3, 0.4) is 0 Å². The monoisotopic (exact) mass is 341 g/mol. The Labute approximate surface area is 132 Å². The summed E-state index contributed by atoms with van der Waals surface area (Å²) in [4.78, 5) is 12.1. The number of nitrogens with one attached hydrogen (secondary N) is 1. The van der Waals surface area contributed by atoms with E-state index in [2.05, 4.69) is 5.32 Å². The highest BCUT2D eigenvalue weighted by atomic mass is 35.5. The molecule has 1 N–H and O–H groups in total. The number of hydrogen-bond donors (Lipinski definition) is 1. The molecule has 0 radical (unpaired) electrons. The lowest BCUT2D eigenvalue weighted by Crippen LogP contribution is -2.24. The van der Waals surface area contributed by atoms with Gasteiger partial charge >= 0.3 is 0 Å². The fourth-order valence-electron chi connectivity index (χ4n) is 1.84. The summed E-state index contributed by atoms with van der Waals surface area (Å²) < 4.78 is 36.3. The summed E-state index contributed by atoms with van der Waals surface area (Å²) in [5, 5.41) is 2.57. The Morgan fingerprint density at radius 2 is 1.82 bits per heavy atom. The van der Waals surface area contributed by atoms with Crippen molar-refractivity contribution in [3.63, 3.8) is 0 Å². The first-order chi connectivity index (χ1) is 10.3. The van der Waals surface area contributed by atoms with Crippen LogP contribution in [0.5, 0.6) is 0 Å². The van der Waals surface area contributed by atoms with E-state index in [1.165, 1.54) is 24.3 Å². The van der Waals surface area contributed by atoms with Crippen molar-refractivity contribution < 1.29 is 17.6 Å². The van der Waals surface area contributed by atoms with Gasteiger partial charge in [-0.15, -0.1) is 0 Å². The van der Waals surface area contributed by atoms with Gasteiger partial charge in [0.05, 0.1) is 15.5 Å². The molecule has 116 valence electrons. The molecule has 0 aliphatic heterocycles. The molecule has 2 aromatic carbocycles. The summed E-state index contributed by atoms with van der Waals surface area (Å²) in [5.41, 5.74) is 0.477. The molecule has 0 bridgehead atoms. The molecule has 2 aromatic rings. The topological polar surface area (TPSA) is 63.2 Å². The molecular weight excluding hydrogens is 329 g/mol. The van der Waals surface area contributed by atoms with Crippen LogP contribution >= 0.6 is 11.6 Å². The van der Waals surface area contributed by atoms with E-state index >= 15 is 0 Å². The highest BCUT2D eigenvalue weighted by Gasteiger charge is 2.15. The Morgan fingerprint density at radius 1 is 1.18 bits per heavy atom. The predicted octanol–water partition coefficient (Wildman–Crippen LogP) is 2.81. The van der Waals surface area contributed by atoms with Gasteiger partial charge in [-0.2, -0.15) is 0 Å². The lowest BCUT2D eigenvalue weighted by molar-refractivity contribution is 0.0947. The molecule has 0 aliphatic carbocycles. The Hall–Kier alpha value is -1.92. The van der Waals surface area contributed by atoms with E-state index in [0.717, 1.165) is 12.3 Å². The minimum absolute atomic E-state index is 0.0323. The second kappa shape index (κ2) is 6.46. The molecule has 0 unspecified atom stereocenters. The molecule has 0 saturated heterocycles. The Kier molecular flexibility index (Phi) is 4.83. The average Bonchev–Trinajstić information content (AvgIpc) is 2.44. The molecule has 0 fully saturated rings. The molecule has 0 saturated carbocycles. The first-order valence-electron chi connectivity index (χ1n) is 6.30. The van der Waals surface area contributed by atoms with Crippen LogP contribution in [0.2, 0.25) is 5.02 Å². The Morgan fingerprint density at radius 3 is 2.36 bits per heavy atom. The lowest BCUT2D eigenvalue weighted by atomic mass is 10.2. The molecule has 0 heterocycles. The summed E-state index contributed by atoms with van der Waals surface area (Å²) in [6.07, 6.45) is 1.12. The van der Waals surface area contributed by atoms with Crippen molar-refractivity contribution in [3.05, 3.63) is 64.4 Å². The van der Waals surface area contributed by atoms with Crippen molar-refractivity contribution in [2.45, 2.75) is 11.4 Å². The molecule has 1 amide bonds. The van der Waals surface area contributed by atoms with Crippen LogP contribution in [0.1, 0.15) is 15.9 Å². The minimum atomic E-state index is -3.26. The van der Waals surface area contributed by atoms with Crippen LogP contribution in [0, 0.1) is 5.82 Å². The summed E-state index contributed by atoms with van der Waals surface area (Å²) in [5.74, 6) is -1.33. The fourth-order valence-corrected chi connectivity index (χ4v) is 2.72. The van der Waals surface area contributed by atoms with Crippen LogP contribution in [0.4, 0.5) is 4.39 Å². The molecule has 22 heavy (non-hydrogen) atoms. The first kappa shape index (κ1) is 16.5. The van der Waals surface area contributed by atoms with Gasteiger partial charge in [-0.1, -0.05) is 29.8 Å². The first-order valence-corrected chi connectivity index (χ1v) is 8.57. The molecular formula is C15H13ClFNO3S. The number of carbonyl (C=O) groups excluding carboxylic acids is 1.